The van der Waals surface area contributed by atoms with Crippen LogP contribution in [0.1, 0.15) is 10.4 Å². The molecule has 0 aliphatic heterocycles. The zero-order chi connectivity index (χ0) is 21.9. The molecule has 0 aromatic heterocycles. The van der Waals surface area contributed by atoms with Gasteiger partial charge in [-0.15, -0.1) is 0 Å². The van der Waals surface area contributed by atoms with E-state index in [1.54, 1.807) is 48.5 Å². The Labute approximate surface area is 184 Å². The number of carbonyl (C=O) groups is 2. The minimum atomic E-state index is -0.516. The Morgan fingerprint density at radius 2 is 1.35 bits per heavy atom. The molecule has 7 nitrogen and oxygen atoms in total. The van der Waals surface area contributed by atoms with Crippen molar-refractivity contribution in [3.63, 3.8) is 0 Å². The number of halogens is 1. The number of benzene rings is 3. The number of hydrogen-bond donors (Lipinski definition) is 2. The Hall–Kier alpha value is -3.71. The summed E-state index contributed by atoms with van der Waals surface area (Å²) < 4.78 is 16.6. The fourth-order valence-electron chi connectivity index (χ4n) is 2.52. The van der Waals surface area contributed by atoms with Crippen molar-refractivity contribution in [1.29, 1.82) is 0 Å². The van der Waals surface area contributed by atoms with Crippen molar-refractivity contribution >= 4 is 23.4 Å². The first-order valence-corrected chi connectivity index (χ1v) is 9.87. The molecule has 3 aromatic rings. The van der Waals surface area contributed by atoms with Gasteiger partial charge in [0.1, 0.15) is 30.5 Å². The van der Waals surface area contributed by atoms with E-state index in [0.29, 0.717) is 23.1 Å². The molecule has 31 heavy (non-hydrogen) atoms. The van der Waals surface area contributed by atoms with E-state index < -0.39 is 11.8 Å². The van der Waals surface area contributed by atoms with Crippen molar-refractivity contribution in [2.75, 3.05) is 19.8 Å². The summed E-state index contributed by atoms with van der Waals surface area (Å²) in [6.45, 7) is 0.302. The fraction of sp³-hybridized carbons (Fsp3) is 0.130. The predicted octanol–water partition coefficient (Wildman–Crippen LogP) is 3.64. The quantitative estimate of drug-likeness (QED) is 0.392. The zero-order valence-corrected chi connectivity index (χ0v) is 17.3. The Bertz CT molecular complexity index is 996. The Balaban J connectivity index is 1.44. The molecule has 0 radical (unpaired) electrons. The van der Waals surface area contributed by atoms with Gasteiger partial charge in [-0.05, 0) is 48.5 Å². The average molecular weight is 441 g/mol. The van der Waals surface area contributed by atoms with Gasteiger partial charge >= 0.3 is 0 Å². The molecule has 160 valence electrons. The molecule has 2 N–H and O–H groups in total. The summed E-state index contributed by atoms with van der Waals surface area (Å²) in [4.78, 5) is 24.4. The SMILES string of the molecule is O=C(COc1ccc(Cl)cc1)NNC(=O)c1ccccc1OCCOc1ccccc1. The summed E-state index contributed by atoms with van der Waals surface area (Å²) in [5, 5.41) is 0.566. The van der Waals surface area contributed by atoms with Crippen LogP contribution in [0, 0.1) is 0 Å². The summed E-state index contributed by atoms with van der Waals surface area (Å²) in [6, 6.07) is 22.7. The molecule has 2 amide bonds. The molecule has 8 heteroatoms. The summed E-state index contributed by atoms with van der Waals surface area (Å²) in [5.41, 5.74) is 4.94. The number of carbonyl (C=O) groups excluding carboxylic acids is 2. The van der Waals surface area contributed by atoms with Crippen LogP contribution in [0.4, 0.5) is 0 Å². The number of rotatable bonds is 9. The van der Waals surface area contributed by atoms with Crippen molar-refractivity contribution in [1.82, 2.24) is 10.9 Å². The van der Waals surface area contributed by atoms with E-state index in [2.05, 4.69) is 10.9 Å². The number of hydrogen-bond acceptors (Lipinski definition) is 5. The second-order valence-electron chi connectivity index (χ2n) is 6.25. The molecular weight excluding hydrogens is 420 g/mol. The fourth-order valence-corrected chi connectivity index (χ4v) is 2.64. The lowest BCUT2D eigenvalue weighted by Crippen LogP contribution is -2.44. The van der Waals surface area contributed by atoms with E-state index >= 15 is 0 Å². The van der Waals surface area contributed by atoms with E-state index in [-0.39, 0.29) is 18.8 Å². The van der Waals surface area contributed by atoms with Crippen LogP contribution in [-0.4, -0.2) is 31.6 Å². The van der Waals surface area contributed by atoms with Gasteiger partial charge in [-0.3, -0.25) is 20.4 Å². The van der Waals surface area contributed by atoms with Crippen molar-refractivity contribution < 1.29 is 23.8 Å². The van der Waals surface area contributed by atoms with Crippen LogP contribution in [0.25, 0.3) is 0 Å². The molecule has 3 aromatic carbocycles. The lowest BCUT2D eigenvalue weighted by Gasteiger charge is -2.13. The minimum Gasteiger partial charge on any atom is -0.490 e. The molecule has 0 atom stereocenters. The van der Waals surface area contributed by atoms with Crippen LogP contribution >= 0.6 is 11.6 Å². The topological polar surface area (TPSA) is 85.9 Å². The van der Waals surface area contributed by atoms with Crippen molar-refractivity contribution in [3.8, 4) is 17.2 Å². The Kier molecular flexibility index (Phi) is 8.13. The number of nitrogens with one attached hydrogen (secondary N) is 2. The lowest BCUT2D eigenvalue weighted by molar-refractivity contribution is -0.123. The highest BCUT2D eigenvalue weighted by Gasteiger charge is 2.13. The maximum Gasteiger partial charge on any atom is 0.276 e. The normalized spacial score (nSPS) is 10.1. The van der Waals surface area contributed by atoms with Crippen molar-refractivity contribution in [2.24, 2.45) is 0 Å². The van der Waals surface area contributed by atoms with Crippen LogP contribution in [-0.2, 0) is 4.79 Å². The minimum absolute atomic E-state index is 0.250. The van der Waals surface area contributed by atoms with Crippen LogP contribution in [0.5, 0.6) is 17.2 Å². The average Bonchev–Trinajstić information content (AvgIpc) is 2.81. The predicted molar refractivity (Wildman–Crippen MR) is 116 cm³/mol. The molecule has 0 unspecified atom stereocenters. The summed E-state index contributed by atoms with van der Waals surface area (Å²) in [6.07, 6.45) is 0. The van der Waals surface area contributed by atoms with Gasteiger partial charge in [0.2, 0.25) is 0 Å². The van der Waals surface area contributed by atoms with Crippen LogP contribution < -0.4 is 25.1 Å². The van der Waals surface area contributed by atoms with Gasteiger partial charge in [0, 0.05) is 5.02 Å². The lowest BCUT2D eigenvalue weighted by atomic mass is 10.2. The van der Waals surface area contributed by atoms with Gasteiger partial charge in [-0.1, -0.05) is 41.9 Å². The maximum atomic E-state index is 12.4. The molecule has 0 bridgehead atoms. The van der Waals surface area contributed by atoms with Gasteiger partial charge < -0.3 is 14.2 Å². The third-order valence-corrected chi connectivity index (χ3v) is 4.24. The third-order valence-electron chi connectivity index (χ3n) is 3.98. The first-order valence-electron chi connectivity index (χ1n) is 9.49. The van der Waals surface area contributed by atoms with Gasteiger partial charge in [-0.2, -0.15) is 0 Å². The number of para-hydroxylation sites is 2. The van der Waals surface area contributed by atoms with E-state index in [1.165, 1.54) is 0 Å². The van der Waals surface area contributed by atoms with Crippen LogP contribution in [0.15, 0.2) is 78.9 Å². The van der Waals surface area contributed by atoms with E-state index in [0.717, 1.165) is 5.75 Å². The number of ether oxygens (including phenoxy) is 3. The molecule has 3 rings (SSSR count). The highest BCUT2D eigenvalue weighted by molar-refractivity contribution is 6.30. The smallest absolute Gasteiger partial charge is 0.276 e. The second kappa shape index (κ2) is 11.5. The van der Waals surface area contributed by atoms with Gasteiger partial charge in [0.05, 0.1) is 5.56 Å². The number of amides is 2. The van der Waals surface area contributed by atoms with E-state index in [9.17, 15) is 9.59 Å². The molecule has 0 saturated heterocycles. The largest absolute Gasteiger partial charge is 0.490 e. The molecule has 0 aliphatic rings. The molecule has 0 aliphatic carbocycles. The first-order chi connectivity index (χ1) is 15.1. The Morgan fingerprint density at radius 1 is 0.710 bits per heavy atom. The van der Waals surface area contributed by atoms with Gasteiger partial charge in [-0.25, -0.2) is 0 Å². The highest BCUT2D eigenvalue weighted by Crippen LogP contribution is 2.18. The monoisotopic (exact) mass is 440 g/mol. The summed E-state index contributed by atoms with van der Waals surface area (Å²) in [5.74, 6) is 0.573. The van der Waals surface area contributed by atoms with Crippen molar-refractivity contribution in [2.45, 2.75) is 0 Å². The molecule has 0 saturated carbocycles. The van der Waals surface area contributed by atoms with Gasteiger partial charge in [0.25, 0.3) is 11.8 Å². The first kappa shape index (κ1) is 22.0. The maximum absolute atomic E-state index is 12.4. The van der Waals surface area contributed by atoms with E-state index in [4.69, 9.17) is 25.8 Å². The summed E-state index contributed by atoms with van der Waals surface area (Å²) >= 11 is 5.80. The summed E-state index contributed by atoms with van der Waals surface area (Å²) in [7, 11) is 0. The zero-order valence-electron chi connectivity index (χ0n) is 16.5. The molecular formula is C23H21ClN2O5. The second-order valence-corrected chi connectivity index (χ2v) is 6.69. The Morgan fingerprint density at radius 3 is 2.13 bits per heavy atom. The highest BCUT2D eigenvalue weighted by atomic mass is 35.5. The van der Waals surface area contributed by atoms with E-state index in [1.807, 2.05) is 30.3 Å². The van der Waals surface area contributed by atoms with Crippen LogP contribution in [0.3, 0.4) is 0 Å². The standard InChI is InChI=1S/C23H21ClN2O5/c24-17-10-12-19(13-11-17)31-16-22(27)25-26-23(28)20-8-4-5-9-21(20)30-15-14-29-18-6-2-1-3-7-18/h1-13H,14-16H2,(H,25,27)(H,26,28). The molecule has 0 fully saturated rings. The van der Waals surface area contributed by atoms with Crippen LogP contribution in [0.2, 0.25) is 5.02 Å². The number of hydrazine groups is 1. The molecule has 0 heterocycles. The third kappa shape index (κ3) is 7.24. The van der Waals surface area contributed by atoms with Crippen molar-refractivity contribution in [3.05, 3.63) is 89.4 Å². The van der Waals surface area contributed by atoms with Gasteiger partial charge in [0.15, 0.2) is 6.61 Å². The molecule has 0 spiro atoms.